The number of carbonyl (C=O) groups excluding carboxylic acids is 2. The average molecular weight is 299 g/mol. The van der Waals surface area contributed by atoms with Crippen molar-refractivity contribution < 1.29 is 14.3 Å². The van der Waals surface area contributed by atoms with Crippen LogP contribution < -0.4 is 4.90 Å². The van der Waals surface area contributed by atoms with Gasteiger partial charge in [-0.15, -0.1) is 0 Å². The molecule has 1 amide bonds. The third-order valence-electron chi connectivity index (χ3n) is 4.35. The Morgan fingerprint density at radius 3 is 2.91 bits per heavy atom. The Balaban J connectivity index is 1.59. The molecule has 1 unspecified atom stereocenters. The molecule has 1 aliphatic heterocycles. The van der Waals surface area contributed by atoms with E-state index in [9.17, 15) is 9.59 Å². The van der Waals surface area contributed by atoms with Gasteiger partial charge in [0.2, 0.25) is 0 Å². The summed E-state index contributed by atoms with van der Waals surface area (Å²) in [6, 6.07) is 7.93. The number of hydrogen-bond donors (Lipinski definition) is 0. The van der Waals surface area contributed by atoms with Crippen molar-refractivity contribution in [1.29, 1.82) is 0 Å². The number of ether oxygens (including phenoxy) is 1. The normalized spacial score (nSPS) is 20.4. The predicted molar refractivity (Wildman–Crippen MR) is 84.6 cm³/mol. The van der Waals surface area contributed by atoms with Gasteiger partial charge in [-0.3, -0.25) is 9.59 Å². The smallest absolute Gasteiger partial charge is 0.309 e. The third kappa shape index (κ3) is 3.21. The van der Waals surface area contributed by atoms with Gasteiger partial charge in [0.05, 0.1) is 5.92 Å². The first-order valence-electron chi connectivity index (χ1n) is 7.95. The van der Waals surface area contributed by atoms with Gasteiger partial charge in [-0.25, -0.2) is 0 Å². The number of aryl methyl sites for hydroxylation is 1. The second-order valence-corrected chi connectivity index (χ2v) is 5.87. The van der Waals surface area contributed by atoms with Gasteiger partial charge < -0.3 is 9.64 Å². The number of benzene rings is 1. The minimum Gasteiger partial charge on any atom is -0.455 e. The van der Waals surface area contributed by atoms with Gasteiger partial charge in [-0.1, -0.05) is 30.4 Å². The maximum absolute atomic E-state index is 12.4. The first-order valence-corrected chi connectivity index (χ1v) is 7.95. The van der Waals surface area contributed by atoms with Gasteiger partial charge >= 0.3 is 5.97 Å². The lowest BCUT2D eigenvalue weighted by atomic mass is 9.95. The van der Waals surface area contributed by atoms with Gasteiger partial charge in [-0.05, 0) is 43.7 Å². The summed E-state index contributed by atoms with van der Waals surface area (Å²) >= 11 is 0. The summed E-state index contributed by atoms with van der Waals surface area (Å²) in [7, 11) is 0. The molecule has 2 aliphatic rings. The van der Waals surface area contributed by atoms with Gasteiger partial charge in [0.15, 0.2) is 6.61 Å². The first kappa shape index (κ1) is 14.8. The van der Waals surface area contributed by atoms with Crippen LogP contribution in [0.2, 0.25) is 0 Å². The summed E-state index contributed by atoms with van der Waals surface area (Å²) in [6.45, 7) is 0.535. The molecule has 0 saturated carbocycles. The predicted octanol–water partition coefficient (Wildman–Crippen LogP) is 2.87. The van der Waals surface area contributed by atoms with E-state index in [0.717, 1.165) is 37.8 Å². The van der Waals surface area contributed by atoms with Crippen molar-refractivity contribution in [3.63, 3.8) is 0 Å². The molecule has 0 saturated heterocycles. The summed E-state index contributed by atoms with van der Waals surface area (Å²) in [5.41, 5.74) is 2.14. The molecule has 1 atom stereocenters. The molecule has 4 nitrogen and oxygen atoms in total. The molecule has 0 bridgehead atoms. The number of anilines is 1. The number of para-hydroxylation sites is 1. The number of nitrogens with zero attached hydrogens (tertiary/aromatic N) is 1. The second-order valence-electron chi connectivity index (χ2n) is 5.87. The Morgan fingerprint density at radius 2 is 2.09 bits per heavy atom. The van der Waals surface area contributed by atoms with Crippen LogP contribution in [0.1, 0.15) is 31.2 Å². The molecule has 1 aromatic carbocycles. The fourth-order valence-electron chi connectivity index (χ4n) is 3.13. The highest BCUT2D eigenvalue weighted by atomic mass is 16.5. The summed E-state index contributed by atoms with van der Waals surface area (Å²) in [5.74, 6) is -0.471. The van der Waals surface area contributed by atoms with E-state index in [1.807, 2.05) is 24.3 Å². The molecule has 0 spiro atoms. The standard InChI is InChI=1S/C18H21NO3/c20-17(13-22-18(21)15-8-2-1-3-9-15)19-12-6-10-14-7-4-5-11-16(14)19/h1-2,4-5,7,11,15H,3,6,8-10,12-13H2. The van der Waals surface area contributed by atoms with Crippen molar-refractivity contribution >= 4 is 17.6 Å². The highest BCUT2D eigenvalue weighted by Crippen LogP contribution is 2.27. The molecule has 0 fully saturated rings. The van der Waals surface area contributed by atoms with Crippen LogP contribution in [-0.2, 0) is 20.7 Å². The van der Waals surface area contributed by atoms with Crippen molar-refractivity contribution in [3.8, 4) is 0 Å². The molecule has 0 radical (unpaired) electrons. The molecule has 1 aliphatic carbocycles. The highest BCUT2D eigenvalue weighted by Gasteiger charge is 2.25. The van der Waals surface area contributed by atoms with E-state index in [0.29, 0.717) is 6.54 Å². The van der Waals surface area contributed by atoms with Crippen LogP contribution in [0.3, 0.4) is 0 Å². The maximum atomic E-state index is 12.4. The Morgan fingerprint density at radius 1 is 1.23 bits per heavy atom. The fourth-order valence-corrected chi connectivity index (χ4v) is 3.13. The highest BCUT2D eigenvalue weighted by molar-refractivity contribution is 5.96. The van der Waals surface area contributed by atoms with Gasteiger partial charge in [0.1, 0.15) is 0 Å². The molecule has 3 rings (SSSR count). The van der Waals surface area contributed by atoms with Crippen LogP contribution in [0.5, 0.6) is 0 Å². The molecule has 1 heterocycles. The van der Waals surface area contributed by atoms with Crippen molar-refractivity contribution in [2.45, 2.75) is 32.1 Å². The molecule has 4 heteroatoms. The van der Waals surface area contributed by atoms with Crippen LogP contribution in [0.15, 0.2) is 36.4 Å². The largest absolute Gasteiger partial charge is 0.455 e. The second kappa shape index (κ2) is 6.77. The van der Waals surface area contributed by atoms with Crippen LogP contribution in [0.25, 0.3) is 0 Å². The minimum absolute atomic E-state index is 0.0913. The first-order chi connectivity index (χ1) is 10.8. The Kier molecular flexibility index (Phi) is 4.56. The number of esters is 1. The average Bonchev–Trinajstić information content (AvgIpc) is 2.59. The van der Waals surface area contributed by atoms with Crippen molar-refractivity contribution in [3.05, 3.63) is 42.0 Å². The molecule has 0 aromatic heterocycles. The zero-order chi connectivity index (χ0) is 15.4. The Bertz CT molecular complexity index is 594. The van der Waals surface area contributed by atoms with Gasteiger partial charge in [0, 0.05) is 12.2 Å². The topological polar surface area (TPSA) is 46.6 Å². The quantitative estimate of drug-likeness (QED) is 0.637. The van der Waals surface area contributed by atoms with E-state index in [1.165, 1.54) is 5.56 Å². The van der Waals surface area contributed by atoms with Gasteiger partial charge in [0.25, 0.3) is 5.91 Å². The molecule has 0 N–H and O–H groups in total. The molecule has 1 aromatic rings. The lowest BCUT2D eigenvalue weighted by Crippen LogP contribution is -2.38. The monoisotopic (exact) mass is 299 g/mol. The van der Waals surface area contributed by atoms with Crippen LogP contribution >= 0.6 is 0 Å². The Labute approximate surface area is 130 Å². The van der Waals surface area contributed by atoms with E-state index in [1.54, 1.807) is 4.90 Å². The lowest BCUT2D eigenvalue weighted by Gasteiger charge is -2.29. The SMILES string of the molecule is O=C(OCC(=O)N1CCCc2ccccc21)C1CC=CCC1. The van der Waals surface area contributed by atoms with Crippen LogP contribution in [-0.4, -0.2) is 25.0 Å². The zero-order valence-electron chi connectivity index (χ0n) is 12.7. The lowest BCUT2D eigenvalue weighted by molar-refractivity contribution is -0.152. The maximum Gasteiger partial charge on any atom is 0.309 e. The van der Waals surface area contributed by atoms with E-state index < -0.39 is 0 Å². The third-order valence-corrected chi connectivity index (χ3v) is 4.35. The summed E-state index contributed by atoms with van der Waals surface area (Å²) in [4.78, 5) is 26.1. The fraction of sp³-hybridized carbons (Fsp3) is 0.444. The summed E-state index contributed by atoms with van der Waals surface area (Å²) < 4.78 is 5.25. The van der Waals surface area contributed by atoms with Crippen molar-refractivity contribution in [1.82, 2.24) is 0 Å². The van der Waals surface area contributed by atoms with E-state index in [2.05, 4.69) is 12.1 Å². The van der Waals surface area contributed by atoms with Gasteiger partial charge in [-0.2, -0.15) is 0 Å². The summed E-state index contributed by atoms with van der Waals surface area (Å²) in [5, 5.41) is 0. The van der Waals surface area contributed by atoms with Crippen molar-refractivity contribution in [2.75, 3.05) is 18.1 Å². The molecule has 116 valence electrons. The summed E-state index contributed by atoms with van der Waals surface area (Å²) in [6.07, 6.45) is 8.48. The molecular weight excluding hydrogens is 278 g/mol. The molecule has 22 heavy (non-hydrogen) atoms. The van der Waals surface area contributed by atoms with E-state index in [-0.39, 0.29) is 24.4 Å². The number of amides is 1. The van der Waals surface area contributed by atoms with Crippen molar-refractivity contribution in [2.24, 2.45) is 5.92 Å². The van der Waals surface area contributed by atoms with E-state index in [4.69, 9.17) is 4.74 Å². The minimum atomic E-state index is -0.247. The number of allylic oxidation sites excluding steroid dienone is 2. The zero-order valence-corrected chi connectivity index (χ0v) is 12.7. The number of hydrogen-bond acceptors (Lipinski definition) is 3. The molecular formula is C18H21NO3. The number of fused-ring (bicyclic) bond motifs is 1. The Hall–Kier alpha value is -2.10. The number of rotatable bonds is 3. The van der Waals surface area contributed by atoms with Crippen LogP contribution in [0.4, 0.5) is 5.69 Å². The van der Waals surface area contributed by atoms with Crippen LogP contribution in [0, 0.1) is 5.92 Å². The number of carbonyl (C=O) groups is 2. The van der Waals surface area contributed by atoms with E-state index >= 15 is 0 Å².